The molecule has 2 aliphatic rings. The molecule has 0 spiro atoms. The van der Waals surface area contributed by atoms with Crippen LogP contribution < -0.4 is 10.2 Å². The number of nitrogens with one attached hydrogen (secondary N) is 1. The van der Waals surface area contributed by atoms with Crippen molar-refractivity contribution in [2.24, 2.45) is 5.92 Å². The van der Waals surface area contributed by atoms with Gasteiger partial charge in [-0.25, -0.2) is 4.79 Å². The number of piperidine rings is 1. The fraction of sp³-hybridized carbons (Fsp3) is 0.615. The number of esters is 1. The van der Waals surface area contributed by atoms with Gasteiger partial charge in [0, 0.05) is 19.1 Å². The summed E-state index contributed by atoms with van der Waals surface area (Å²) >= 11 is 0. The van der Waals surface area contributed by atoms with Gasteiger partial charge in [0.2, 0.25) is 0 Å². The van der Waals surface area contributed by atoms with E-state index in [9.17, 15) is 4.79 Å². The maximum Gasteiger partial charge on any atom is 0.358 e. The van der Waals surface area contributed by atoms with Crippen LogP contribution in [0, 0.1) is 5.92 Å². The summed E-state index contributed by atoms with van der Waals surface area (Å²) in [6, 6.07) is 4.08. The van der Waals surface area contributed by atoms with Crippen molar-refractivity contribution >= 4 is 11.8 Å². The van der Waals surface area contributed by atoms with Crippen LogP contribution in [0.4, 0.5) is 5.82 Å². The van der Waals surface area contributed by atoms with E-state index in [1.807, 2.05) is 6.07 Å². The van der Waals surface area contributed by atoms with Gasteiger partial charge >= 0.3 is 5.97 Å². The van der Waals surface area contributed by atoms with Gasteiger partial charge in [-0.15, -0.1) is 10.2 Å². The number of rotatable bonds is 2. The van der Waals surface area contributed by atoms with Gasteiger partial charge in [0.1, 0.15) is 0 Å². The minimum absolute atomic E-state index is 0.251. The highest BCUT2D eigenvalue weighted by molar-refractivity contribution is 5.86. The fourth-order valence-electron chi connectivity index (χ4n) is 2.94. The largest absolute Gasteiger partial charge is 0.464 e. The number of anilines is 1. The molecule has 1 aromatic rings. The molecule has 2 saturated heterocycles. The summed E-state index contributed by atoms with van der Waals surface area (Å²) in [7, 11) is 1.34. The third kappa shape index (κ3) is 2.40. The molecule has 0 aliphatic carbocycles. The van der Waals surface area contributed by atoms with Crippen LogP contribution >= 0.6 is 0 Å². The number of carbonyl (C=O) groups is 1. The van der Waals surface area contributed by atoms with Crippen LogP contribution in [0.25, 0.3) is 0 Å². The Kier molecular flexibility index (Phi) is 3.33. The summed E-state index contributed by atoms with van der Waals surface area (Å²) in [5.41, 5.74) is 0.251. The molecule has 0 saturated carbocycles. The Hall–Kier alpha value is -1.69. The summed E-state index contributed by atoms with van der Waals surface area (Å²) in [6.45, 7) is 3.10. The lowest BCUT2D eigenvalue weighted by Gasteiger charge is -2.24. The second-order valence-corrected chi connectivity index (χ2v) is 5.14. The van der Waals surface area contributed by atoms with E-state index in [0.717, 1.165) is 25.5 Å². The Morgan fingerprint density at radius 1 is 1.42 bits per heavy atom. The normalized spacial score (nSPS) is 26.1. The molecule has 102 valence electrons. The van der Waals surface area contributed by atoms with E-state index < -0.39 is 5.97 Å². The molecular weight excluding hydrogens is 244 g/mol. The monoisotopic (exact) mass is 262 g/mol. The lowest BCUT2D eigenvalue weighted by Crippen LogP contribution is -2.40. The molecule has 3 rings (SSSR count). The van der Waals surface area contributed by atoms with E-state index >= 15 is 0 Å². The Bertz CT molecular complexity index is 448. The number of carbonyl (C=O) groups excluding carboxylic acids is 1. The topological polar surface area (TPSA) is 67.3 Å². The number of aromatic nitrogens is 2. The smallest absolute Gasteiger partial charge is 0.358 e. The van der Waals surface area contributed by atoms with Crippen molar-refractivity contribution in [1.29, 1.82) is 0 Å². The first-order chi connectivity index (χ1) is 9.28. The highest BCUT2D eigenvalue weighted by Crippen LogP contribution is 2.27. The summed E-state index contributed by atoms with van der Waals surface area (Å²) in [4.78, 5) is 13.5. The minimum Gasteiger partial charge on any atom is -0.464 e. The Balaban J connectivity index is 1.71. The molecule has 1 N–H and O–H groups in total. The predicted molar refractivity (Wildman–Crippen MR) is 70.1 cm³/mol. The summed E-state index contributed by atoms with van der Waals surface area (Å²) < 4.78 is 4.61. The van der Waals surface area contributed by atoms with E-state index in [0.29, 0.717) is 12.0 Å². The average Bonchev–Trinajstić information content (AvgIpc) is 2.90. The molecule has 0 radical (unpaired) electrons. The summed E-state index contributed by atoms with van der Waals surface area (Å²) in [6.07, 6.45) is 2.53. The SMILES string of the molecule is COC(=O)c1ccc(N2CC3CCCNC3C2)nn1. The van der Waals surface area contributed by atoms with E-state index in [2.05, 4.69) is 25.2 Å². The number of ether oxygens (including phenoxy) is 1. The van der Waals surface area contributed by atoms with Gasteiger partial charge in [0.25, 0.3) is 0 Å². The van der Waals surface area contributed by atoms with Crippen molar-refractivity contribution < 1.29 is 9.53 Å². The zero-order valence-corrected chi connectivity index (χ0v) is 11.0. The fourth-order valence-corrected chi connectivity index (χ4v) is 2.94. The van der Waals surface area contributed by atoms with Gasteiger partial charge in [-0.3, -0.25) is 0 Å². The van der Waals surface area contributed by atoms with Crippen LogP contribution in [0.15, 0.2) is 12.1 Å². The zero-order valence-electron chi connectivity index (χ0n) is 11.0. The second kappa shape index (κ2) is 5.13. The lowest BCUT2D eigenvalue weighted by atomic mass is 9.94. The van der Waals surface area contributed by atoms with Gasteiger partial charge in [0.15, 0.2) is 11.5 Å². The van der Waals surface area contributed by atoms with Crippen molar-refractivity contribution in [3.8, 4) is 0 Å². The molecule has 19 heavy (non-hydrogen) atoms. The standard InChI is InChI=1S/C13H18N4O2/c1-19-13(18)10-4-5-12(16-15-10)17-7-9-3-2-6-14-11(9)8-17/h4-5,9,11,14H,2-3,6-8H2,1H3. The van der Waals surface area contributed by atoms with Crippen LogP contribution in [0.3, 0.4) is 0 Å². The first-order valence-corrected chi connectivity index (χ1v) is 6.68. The van der Waals surface area contributed by atoms with Crippen LogP contribution in [-0.4, -0.2) is 49.0 Å². The highest BCUT2D eigenvalue weighted by Gasteiger charge is 2.34. The molecule has 2 aliphatic heterocycles. The molecule has 1 aromatic heterocycles. The first-order valence-electron chi connectivity index (χ1n) is 6.68. The molecule has 0 amide bonds. The van der Waals surface area contributed by atoms with Crippen LogP contribution in [0.2, 0.25) is 0 Å². The van der Waals surface area contributed by atoms with Crippen molar-refractivity contribution in [1.82, 2.24) is 15.5 Å². The summed E-state index contributed by atoms with van der Waals surface area (Å²) in [5, 5.41) is 11.6. The molecule has 6 heteroatoms. The molecule has 0 bridgehead atoms. The van der Waals surface area contributed by atoms with Crippen LogP contribution in [-0.2, 0) is 4.74 Å². The second-order valence-electron chi connectivity index (χ2n) is 5.14. The first kappa shape index (κ1) is 12.3. The van der Waals surface area contributed by atoms with Crippen molar-refractivity contribution in [3.05, 3.63) is 17.8 Å². The predicted octanol–water partition coefficient (Wildman–Crippen LogP) is 0.451. The van der Waals surface area contributed by atoms with Crippen molar-refractivity contribution in [3.63, 3.8) is 0 Å². The van der Waals surface area contributed by atoms with E-state index in [1.165, 1.54) is 20.0 Å². The number of fused-ring (bicyclic) bond motifs is 1. The molecule has 6 nitrogen and oxygen atoms in total. The van der Waals surface area contributed by atoms with Gasteiger partial charge < -0.3 is 15.0 Å². The summed E-state index contributed by atoms with van der Waals surface area (Å²) in [5.74, 6) is 1.09. The van der Waals surface area contributed by atoms with Crippen LogP contribution in [0.5, 0.6) is 0 Å². The number of hydrogen-bond acceptors (Lipinski definition) is 6. The average molecular weight is 262 g/mol. The quantitative estimate of drug-likeness (QED) is 0.781. The van der Waals surface area contributed by atoms with Gasteiger partial charge in [-0.1, -0.05) is 0 Å². The molecule has 2 atom stereocenters. The van der Waals surface area contributed by atoms with Crippen LogP contribution in [0.1, 0.15) is 23.3 Å². The molecular formula is C13H18N4O2. The Morgan fingerprint density at radius 3 is 3.00 bits per heavy atom. The van der Waals surface area contributed by atoms with Crippen molar-refractivity contribution in [2.45, 2.75) is 18.9 Å². The van der Waals surface area contributed by atoms with Gasteiger partial charge in [0.05, 0.1) is 7.11 Å². The lowest BCUT2D eigenvalue weighted by molar-refractivity contribution is 0.0592. The third-order valence-electron chi connectivity index (χ3n) is 3.97. The van der Waals surface area contributed by atoms with E-state index in [4.69, 9.17) is 0 Å². The third-order valence-corrected chi connectivity index (χ3v) is 3.97. The Labute approximate surface area is 112 Å². The minimum atomic E-state index is -0.448. The maximum atomic E-state index is 11.3. The van der Waals surface area contributed by atoms with Gasteiger partial charge in [-0.05, 0) is 37.4 Å². The number of hydrogen-bond donors (Lipinski definition) is 1. The van der Waals surface area contributed by atoms with Gasteiger partial charge in [-0.2, -0.15) is 0 Å². The molecule has 2 fully saturated rings. The highest BCUT2D eigenvalue weighted by atomic mass is 16.5. The van der Waals surface area contributed by atoms with E-state index in [1.54, 1.807) is 6.07 Å². The molecule has 3 heterocycles. The molecule has 0 aromatic carbocycles. The number of methoxy groups -OCH3 is 1. The van der Waals surface area contributed by atoms with Crippen molar-refractivity contribution in [2.75, 3.05) is 31.6 Å². The Morgan fingerprint density at radius 2 is 2.32 bits per heavy atom. The maximum absolute atomic E-state index is 11.3. The zero-order chi connectivity index (χ0) is 13.2. The van der Waals surface area contributed by atoms with E-state index in [-0.39, 0.29) is 5.69 Å². The number of nitrogens with zero attached hydrogens (tertiary/aromatic N) is 3. The molecule has 2 unspecified atom stereocenters.